The summed E-state index contributed by atoms with van der Waals surface area (Å²) in [5, 5.41) is 8.74. The van der Waals surface area contributed by atoms with Crippen LogP contribution < -0.4 is 4.90 Å². The van der Waals surface area contributed by atoms with Gasteiger partial charge in [0.05, 0.1) is 34.2 Å². The van der Waals surface area contributed by atoms with Crippen molar-refractivity contribution in [3.63, 3.8) is 0 Å². The Morgan fingerprint density at radius 3 is 2.59 bits per heavy atom. The molecule has 27 heavy (non-hydrogen) atoms. The van der Waals surface area contributed by atoms with E-state index in [0.29, 0.717) is 11.4 Å². The van der Waals surface area contributed by atoms with Crippen LogP contribution in [0.25, 0.3) is 10.2 Å². The Labute approximate surface area is 163 Å². The Bertz CT molecular complexity index is 984. The molecule has 0 radical (unpaired) electrons. The van der Waals surface area contributed by atoms with Gasteiger partial charge in [-0.3, -0.25) is 14.4 Å². The zero-order valence-corrected chi connectivity index (χ0v) is 15.8. The van der Waals surface area contributed by atoms with Crippen LogP contribution in [0.3, 0.4) is 0 Å². The maximum absolute atomic E-state index is 12.9. The fourth-order valence-electron chi connectivity index (χ4n) is 4.48. The van der Waals surface area contributed by atoms with Gasteiger partial charge in [0.2, 0.25) is 11.8 Å². The smallest absolute Gasteiger partial charge is 0.304 e. The zero-order chi connectivity index (χ0) is 18.7. The highest BCUT2D eigenvalue weighted by Crippen LogP contribution is 2.53. The lowest BCUT2D eigenvalue weighted by Crippen LogP contribution is -2.32. The number of carboxylic acid groups (broad SMARTS) is 1. The monoisotopic (exact) mass is 400 g/mol. The Morgan fingerprint density at radius 2 is 1.93 bits per heavy atom. The van der Waals surface area contributed by atoms with Crippen molar-refractivity contribution in [1.82, 2.24) is 4.98 Å². The molecule has 1 aromatic heterocycles. The highest BCUT2D eigenvalue weighted by molar-refractivity contribution is 8.01. The molecule has 1 aromatic carbocycles. The van der Waals surface area contributed by atoms with Gasteiger partial charge < -0.3 is 5.11 Å². The number of aliphatic carboxylic acids is 1. The summed E-state index contributed by atoms with van der Waals surface area (Å²) in [6.45, 7) is 0. The second-order valence-electron chi connectivity index (χ2n) is 7.14. The molecule has 2 aromatic rings. The third-order valence-electron chi connectivity index (χ3n) is 5.62. The van der Waals surface area contributed by atoms with Gasteiger partial charge in [0.25, 0.3) is 0 Å². The fourth-order valence-corrected chi connectivity index (χ4v) is 6.57. The number of carbonyl (C=O) groups excluding carboxylic acids is 2. The molecule has 8 heteroatoms. The van der Waals surface area contributed by atoms with Crippen molar-refractivity contribution in [2.45, 2.75) is 17.2 Å². The number of fused-ring (bicyclic) bond motifs is 6. The Balaban J connectivity index is 1.41. The molecule has 5 rings (SSSR count). The second-order valence-corrected chi connectivity index (χ2v) is 9.51. The number of amides is 2. The van der Waals surface area contributed by atoms with Crippen molar-refractivity contribution in [1.29, 1.82) is 0 Å². The standard InChI is InChI=1S/C19H16N2O4S2/c22-14(23)5-6-26-19-20-12-4-3-11(8-13(12)27-19)21-17(24)15-9-1-2-10(7-9)16(15)18(21)25/h1-4,8-10,15-16H,5-7H2,(H,22,23)/t9-,10-,15+,16+/m0/s1. The summed E-state index contributed by atoms with van der Waals surface area (Å²) in [5.41, 5.74) is 1.40. The van der Waals surface area contributed by atoms with Gasteiger partial charge in [0.1, 0.15) is 0 Å². The number of anilines is 1. The maximum Gasteiger partial charge on any atom is 0.304 e. The summed E-state index contributed by atoms with van der Waals surface area (Å²) in [5.74, 6) is -0.533. The van der Waals surface area contributed by atoms with Crippen LogP contribution in [0, 0.1) is 23.7 Å². The van der Waals surface area contributed by atoms with Gasteiger partial charge in [-0.15, -0.1) is 11.3 Å². The number of thiazole rings is 1. The van der Waals surface area contributed by atoms with E-state index in [0.717, 1.165) is 21.0 Å². The van der Waals surface area contributed by atoms with Gasteiger partial charge in [-0.2, -0.15) is 0 Å². The summed E-state index contributed by atoms with van der Waals surface area (Å²) >= 11 is 2.86. The number of hydrogen-bond donors (Lipinski definition) is 1. The van der Waals surface area contributed by atoms with Gasteiger partial charge in [0.15, 0.2) is 4.34 Å². The van der Waals surface area contributed by atoms with E-state index in [2.05, 4.69) is 17.1 Å². The molecule has 1 N–H and O–H groups in total. The third-order valence-corrected chi connectivity index (χ3v) is 7.79. The predicted octanol–water partition coefficient (Wildman–Crippen LogP) is 3.17. The number of imide groups is 1. The molecule has 2 fully saturated rings. The molecule has 2 amide bonds. The number of carboxylic acids is 1. The fraction of sp³-hybridized carbons (Fsp3) is 0.368. The number of thioether (sulfide) groups is 1. The van der Waals surface area contributed by atoms with Crippen molar-refractivity contribution in [3.05, 3.63) is 30.4 Å². The van der Waals surface area contributed by atoms with E-state index in [1.54, 1.807) is 6.07 Å². The lowest BCUT2D eigenvalue weighted by atomic mass is 9.85. The SMILES string of the molecule is O=C(O)CCSc1nc2ccc(N3C(=O)[C@H]4[C@H](C3=O)[C@H]3C=C[C@H]4C3)cc2s1. The number of rotatable bonds is 5. The molecular formula is C19H16N2O4S2. The van der Waals surface area contributed by atoms with Crippen molar-refractivity contribution in [2.24, 2.45) is 23.7 Å². The van der Waals surface area contributed by atoms with Crippen molar-refractivity contribution >= 4 is 56.8 Å². The van der Waals surface area contributed by atoms with Crippen LogP contribution in [0.1, 0.15) is 12.8 Å². The molecule has 0 unspecified atom stereocenters. The van der Waals surface area contributed by atoms with E-state index in [9.17, 15) is 14.4 Å². The minimum Gasteiger partial charge on any atom is -0.481 e. The zero-order valence-electron chi connectivity index (χ0n) is 14.2. The number of benzene rings is 1. The van der Waals surface area contributed by atoms with E-state index in [1.165, 1.54) is 28.0 Å². The predicted molar refractivity (Wildman–Crippen MR) is 103 cm³/mol. The lowest BCUT2D eigenvalue weighted by molar-refractivity contribution is -0.136. The topological polar surface area (TPSA) is 87.6 Å². The first-order valence-electron chi connectivity index (χ1n) is 8.84. The summed E-state index contributed by atoms with van der Waals surface area (Å²) in [6.07, 6.45) is 5.19. The van der Waals surface area contributed by atoms with Crippen LogP contribution in [0.2, 0.25) is 0 Å². The van der Waals surface area contributed by atoms with Crippen LogP contribution in [0.4, 0.5) is 5.69 Å². The lowest BCUT2D eigenvalue weighted by Gasteiger charge is -2.17. The third kappa shape index (κ3) is 2.62. The average Bonchev–Trinajstić information content (AvgIpc) is 3.37. The summed E-state index contributed by atoms with van der Waals surface area (Å²) in [7, 11) is 0. The quantitative estimate of drug-likeness (QED) is 0.471. The summed E-state index contributed by atoms with van der Waals surface area (Å²) in [6, 6.07) is 5.45. The Morgan fingerprint density at radius 1 is 1.22 bits per heavy atom. The van der Waals surface area contributed by atoms with Crippen molar-refractivity contribution in [3.8, 4) is 0 Å². The first kappa shape index (κ1) is 16.9. The normalized spacial score (nSPS) is 28.5. The van der Waals surface area contributed by atoms with Crippen LogP contribution in [0.5, 0.6) is 0 Å². The molecule has 1 aliphatic heterocycles. The van der Waals surface area contributed by atoms with E-state index in [4.69, 9.17) is 5.11 Å². The van der Waals surface area contributed by atoms with Gasteiger partial charge in [-0.25, -0.2) is 9.88 Å². The molecule has 3 aliphatic rings. The number of carbonyl (C=O) groups is 3. The van der Waals surface area contributed by atoms with Crippen molar-refractivity contribution < 1.29 is 19.5 Å². The number of aromatic nitrogens is 1. The molecule has 0 spiro atoms. The Kier molecular flexibility index (Phi) is 3.87. The van der Waals surface area contributed by atoms with Gasteiger partial charge in [-0.1, -0.05) is 23.9 Å². The van der Waals surface area contributed by atoms with Crippen LogP contribution >= 0.6 is 23.1 Å². The maximum atomic E-state index is 12.9. The Hall–Kier alpha value is -2.19. The minimum atomic E-state index is -0.828. The molecule has 6 nitrogen and oxygen atoms in total. The van der Waals surface area contributed by atoms with Gasteiger partial charge >= 0.3 is 5.97 Å². The highest BCUT2D eigenvalue weighted by atomic mass is 32.2. The molecule has 4 atom stereocenters. The van der Waals surface area contributed by atoms with Crippen molar-refractivity contribution in [2.75, 3.05) is 10.7 Å². The molecule has 2 aliphatic carbocycles. The summed E-state index contributed by atoms with van der Waals surface area (Å²) in [4.78, 5) is 42.4. The molecule has 1 saturated carbocycles. The number of allylic oxidation sites excluding steroid dienone is 2. The second kappa shape index (κ2) is 6.17. The van der Waals surface area contributed by atoms with Gasteiger partial charge in [0, 0.05) is 5.75 Å². The van der Waals surface area contributed by atoms with E-state index in [1.807, 2.05) is 12.1 Å². The minimum absolute atomic E-state index is 0.0817. The van der Waals surface area contributed by atoms with Crippen LogP contribution in [0.15, 0.2) is 34.7 Å². The molecule has 1 saturated heterocycles. The summed E-state index contributed by atoms with van der Waals surface area (Å²) < 4.78 is 1.69. The first-order chi connectivity index (χ1) is 13.0. The van der Waals surface area contributed by atoms with E-state index >= 15 is 0 Å². The van der Waals surface area contributed by atoms with Crippen LogP contribution in [-0.2, 0) is 14.4 Å². The molecule has 2 bridgehead atoms. The largest absolute Gasteiger partial charge is 0.481 e. The molecule has 138 valence electrons. The number of hydrogen-bond acceptors (Lipinski definition) is 6. The van der Waals surface area contributed by atoms with Crippen LogP contribution in [-0.4, -0.2) is 33.6 Å². The average molecular weight is 400 g/mol. The first-order valence-corrected chi connectivity index (χ1v) is 10.6. The molecule has 2 heterocycles. The molecular weight excluding hydrogens is 384 g/mol. The van der Waals surface area contributed by atoms with Gasteiger partial charge in [-0.05, 0) is 36.5 Å². The van der Waals surface area contributed by atoms with E-state index in [-0.39, 0.29) is 41.9 Å². The highest BCUT2D eigenvalue weighted by Gasteiger charge is 2.59. The number of nitrogens with zero attached hydrogens (tertiary/aromatic N) is 2. The van der Waals surface area contributed by atoms with E-state index < -0.39 is 5.97 Å².